The summed E-state index contributed by atoms with van der Waals surface area (Å²) in [5.41, 5.74) is 1.32. The topological polar surface area (TPSA) is 49.9 Å². The van der Waals surface area contributed by atoms with E-state index < -0.39 is 0 Å². The van der Waals surface area contributed by atoms with E-state index in [1.165, 1.54) is 36.8 Å². The Balaban J connectivity index is 1.52. The summed E-state index contributed by atoms with van der Waals surface area (Å²) >= 11 is 1.80. The molecule has 4 atom stereocenters. The molecule has 0 radical (unpaired) electrons. The van der Waals surface area contributed by atoms with Crippen LogP contribution >= 0.6 is 11.3 Å². The highest BCUT2D eigenvalue weighted by Gasteiger charge is 2.47. The molecule has 3 aliphatic rings. The summed E-state index contributed by atoms with van der Waals surface area (Å²) in [6.45, 7) is 3.29. The molecule has 0 bridgehead atoms. The summed E-state index contributed by atoms with van der Waals surface area (Å²) in [6, 6.07) is 2.45. The van der Waals surface area contributed by atoms with Crippen molar-refractivity contribution in [3.05, 3.63) is 21.9 Å². The zero-order valence-corrected chi connectivity index (χ0v) is 17.2. The number of amides is 1. The number of carbonyl (C=O) groups is 2. The fourth-order valence-corrected chi connectivity index (χ4v) is 6.46. The van der Waals surface area contributed by atoms with Gasteiger partial charge in [0.05, 0.1) is 19.7 Å². The molecular weight excluding hydrogens is 360 g/mol. The number of hydrogen-bond acceptors (Lipinski definition) is 5. The molecule has 148 valence electrons. The Kier molecular flexibility index (Phi) is 5.55. The number of fused-ring (bicyclic) bond motifs is 2. The standard InChI is InChI=1S/C21H30N2O3S/c1-3-16-15-9-11-27-19(15)8-10-22(16)20(24)13-23-17-7-5-4-6-14(17)12-18(23)21(25)26-2/h9,11,14,16-18H,3-8,10,12-13H2,1-2H3. The summed E-state index contributed by atoms with van der Waals surface area (Å²) in [7, 11) is 1.46. The normalized spacial score (nSPS) is 30.7. The van der Waals surface area contributed by atoms with Crippen LogP contribution in [0.25, 0.3) is 0 Å². The van der Waals surface area contributed by atoms with Crippen molar-refractivity contribution < 1.29 is 14.3 Å². The van der Waals surface area contributed by atoms with E-state index >= 15 is 0 Å². The zero-order valence-electron chi connectivity index (χ0n) is 16.4. The first-order chi connectivity index (χ1) is 13.1. The van der Waals surface area contributed by atoms with E-state index in [0.717, 1.165) is 32.2 Å². The Morgan fingerprint density at radius 1 is 1.30 bits per heavy atom. The molecule has 27 heavy (non-hydrogen) atoms. The predicted molar refractivity (Wildman–Crippen MR) is 106 cm³/mol. The predicted octanol–water partition coefficient (Wildman–Crippen LogP) is 3.39. The average Bonchev–Trinajstić information content (AvgIpc) is 3.31. The van der Waals surface area contributed by atoms with Crippen molar-refractivity contribution in [1.82, 2.24) is 9.80 Å². The van der Waals surface area contributed by atoms with Gasteiger partial charge < -0.3 is 9.64 Å². The minimum absolute atomic E-state index is 0.166. The molecule has 6 heteroatoms. The lowest BCUT2D eigenvalue weighted by Gasteiger charge is -2.38. The maximum absolute atomic E-state index is 13.3. The fourth-order valence-electron chi connectivity index (χ4n) is 5.53. The molecule has 0 spiro atoms. The van der Waals surface area contributed by atoms with Crippen LogP contribution in [0.15, 0.2) is 11.4 Å². The van der Waals surface area contributed by atoms with Crippen molar-refractivity contribution in [3.8, 4) is 0 Å². The third-order valence-corrected chi connectivity index (χ3v) is 7.81. The molecule has 1 saturated heterocycles. The maximum Gasteiger partial charge on any atom is 0.323 e. The molecule has 1 aromatic heterocycles. The van der Waals surface area contributed by atoms with Gasteiger partial charge in [0.1, 0.15) is 6.04 Å². The molecule has 2 aliphatic heterocycles. The number of thiophene rings is 1. The van der Waals surface area contributed by atoms with Gasteiger partial charge in [-0.05, 0) is 55.0 Å². The number of methoxy groups -OCH3 is 1. The van der Waals surface area contributed by atoms with Gasteiger partial charge in [-0.1, -0.05) is 19.8 Å². The SMILES string of the molecule is CCC1c2ccsc2CCN1C(=O)CN1C(C(=O)OC)CC2CCCCC21. The molecular formula is C21H30N2O3S. The van der Waals surface area contributed by atoms with Crippen molar-refractivity contribution in [1.29, 1.82) is 0 Å². The molecule has 1 amide bonds. The molecule has 3 heterocycles. The second-order valence-electron chi connectivity index (χ2n) is 8.12. The van der Waals surface area contributed by atoms with Crippen LogP contribution in [0.2, 0.25) is 0 Å². The smallest absolute Gasteiger partial charge is 0.323 e. The van der Waals surface area contributed by atoms with E-state index in [9.17, 15) is 9.59 Å². The van der Waals surface area contributed by atoms with E-state index in [0.29, 0.717) is 18.5 Å². The molecule has 1 aromatic rings. The van der Waals surface area contributed by atoms with Gasteiger partial charge in [0, 0.05) is 17.5 Å². The number of esters is 1. The Morgan fingerprint density at radius 2 is 2.11 bits per heavy atom. The van der Waals surface area contributed by atoms with Gasteiger partial charge in [-0.15, -0.1) is 11.3 Å². The van der Waals surface area contributed by atoms with Crippen LogP contribution < -0.4 is 0 Å². The Hall–Kier alpha value is -1.40. The lowest BCUT2D eigenvalue weighted by atomic mass is 9.85. The zero-order chi connectivity index (χ0) is 19.0. The van der Waals surface area contributed by atoms with Gasteiger partial charge in [-0.2, -0.15) is 0 Å². The van der Waals surface area contributed by atoms with Gasteiger partial charge in [0.25, 0.3) is 0 Å². The fraction of sp³-hybridized carbons (Fsp3) is 0.714. The van der Waals surface area contributed by atoms with Gasteiger partial charge >= 0.3 is 5.97 Å². The minimum atomic E-state index is -0.256. The van der Waals surface area contributed by atoms with Crippen LogP contribution in [0, 0.1) is 5.92 Å². The van der Waals surface area contributed by atoms with Crippen molar-refractivity contribution in [3.63, 3.8) is 0 Å². The van der Waals surface area contributed by atoms with E-state index in [4.69, 9.17) is 4.74 Å². The van der Waals surface area contributed by atoms with E-state index in [1.807, 2.05) is 0 Å². The number of hydrogen-bond donors (Lipinski definition) is 0. The maximum atomic E-state index is 13.3. The summed E-state index contributed by atoms with van der Waals surface area (Å²) in [5.74, 6) is 0.518. The van der Waals surface area contributed by atoms with Crippen molar-refractivity contribution >= 4 is 23.2 Å². The average molecular weight is 391 g/mol. The first-order valence-electron chi connectivity index (χ1n) is 10.3. The summed E-state index contributed by atoms with van der Waals surface area (Å²) in [5, 5.41) is 2.14. The molecule has 0 N–H and O–H groups in total. The largest absolute Gasteiger partial charge is 0.468 e. The molecule has 4 rings (SSSR count). The molecule has 1 aliphatic carbocycles. The number of nitrogens with zero attached hydrogens (tertiary/aromatic N) is 2. The monoisotopic (exact) mass is 390 g/mol. The lowest BCUT2D eigenvalue weighted by Crippen LogP contribution is -2.50. The number of rotatable bonds is 4. The van der Waals surface area contributed by atoms with Gasteiger partial charge in [0.2, 0.25) is 5.91 Å². The third-order valence-electron chi connectivity index (χ3n) is 6.81. The summed E-state index contributed by atoms with van der Waals surface area (Å²) in [6.07, 6.45) is 7.42. The van der Waals surface area contributed by atoms with Crippen molar-refractivity contribution in [2.24, 2.45) is 5.92 Å². The number of carbonyl (C=O) groups excluding carboxylic acids is 2. The molecule has 4 unspecified atom stereocenters. The molecule has 5 nitrogen and oxygen atoms in total. The highest BCUT2D eigenvalue weighted by atomic mass is 32.1. The molecule has 0 aromatic carbocycles. The second-order valence-corrected chi connectivity index (χ2v) is 9.12. The van der Waals surface area contributed by atoms with E-state index in [1.54, 1.807) is 11.3 Å². The Labute approximate surface area is 165 Å². The first-order valence-corrected chi connectivity index (χ1v) is 11.2. The second kappa shape index (κ2) is 7.92. The Morgan fingerprint density at radius 3 is 2.89 bits per heavy atom. The Bertz CT molecular complexity index is 703. The van der Waals surface area contributed by atoms with E-state index in [2.05, 4.69) is 28.2 Å². The lowest BCUT2D eigenvalue weighted by molar-refractivity contribution is -0.148. The van der Waals surface area contributed by atoms with Crippen molar-refractivity contribution in [2.45, 2.75) is 70.0 Å². The number of ether oxygens (including phenoxy) is 1. The van der Waals surface area contributed by atoms with Crippen LogP contribution in [-0.4, -0.2) is 54.0 Å². The van der Waals surface area contributed by atoms with E-state index in [-0.39, 0.29) is 24.0 Å². The molecule has 1 saturated carbocycles. The van der Waals surface area contributed by atoms with Crippen LogP contribution in [0.4, 0.5) is 0 Å². The van der Waals surface area contributed by atoms with Crippen LogP contribution in [0.1, 0.15) is 61.9 Å². The minimum Gasteiger partial charge on any atom is -0.468 e. The summed E-state index contributed by atoms with van der Waals surface area (Å²) in [4.78, 5) is 31.4. The highest BCUT2D eigenvalue weighted by molar-refractivity contribution is 7.10. The summed E-state index contributed by atoms with van der Waals surface area (Å²) < 4.78 is 5.07. The quantitative estimate of drug-likeness (QED) is 0.740. The highest BCUT2D eigenvalue weighted by Crippen LogP contribution is 2.41. The van der Waals surface area contributed by atoms with Crippen molar-refractivity contribution in [2.75, 3.05) is 20.2 Å². The third kappa shape index (κ3) is 3.42. The van der Waals surface area contributed by atoms with Gasteiger partial charge in [0.15, 0.2) is 0 Å². The molecule has 2 fully saturated rings. The first kappa shape index (κ1) is 18.9. The van der Waals surface area contributed by atoms with Gasteiger partial charge in [-0.25, -0.2) is 0 Å². The van der Waals surface area contributed by atoms with Gasteiger partial charge in [-0.3, -0.25) is 14.5 Å². The van der Waals surface area contributed by atoms with Crippen LogP contribution in [-0.2, 0) is 20.7 Å². The number of likely N-dealkylation sites (tertiary alicyclic amines) is 1. The van der Waals surface area contributed by atoms with Crippen LogP contribution in [0.5, 0.6) is 0 Å². The van der Waals surface area contributed by atoms with Crippen LogP contribution in [0.3, 0.4) is 0 Å².